The molecule has 0 unspecified atom stereocenters. The minimum absolute atomic E-state index is 0.118. The van der Waals surface area contributed by atoms with E-state index in [1.807, 2.05) is 25.1 Å². The van der Waals surface area contributed by atoms with Crippen molar-refractivity contribution in [2.45, 2.75) is 26.8 Å². The minimum atomic E-state index is -0.734. The molecule has 0 N–H and O–H groups in total. The summed E-state index contributed by atoms with van der Waals surface area (Å²) in [5.41, 5.74) is 2.00. The van der Waals surface area contributed by atoms with E-state index in [2.05, 4.69) is 4.99 Å². The van der Waals surface area contributed by atoms with Gasteiger partial charge in [0.1, 0.15) is 0 Å². The predicted molar refractivity (Wildman–Crippen MR) is 137 cm³/mol. The molecule has 0 spiro atoms. The number of rotatable bonds is 7. The summed E-state index contributed by atoms with van der Waals surface area (Å²) >= 11 is 1.25. The van der Waals surface area contributed by atoms with Crippen molar-refractivity contribution in [3.8, 4) is 23.0 Å². The van der Waals surface area contributed by atoms with Crippen LogP contribution in [-0.4, -0.2) is 37.7 Å². The van der Waals surface area contributed by atoms with Crippen molar-refractivity contribution in [3.63, 3.8) is 0 Å². The summed E-state index contributed by atoms with van der Waals surface area (Å²) in [6, 6.07) is 10.1. The Morgan fingerprint density at radius 3 is 2.70 bits per heavy atom. The van der Waals surface area contributed by atoms with Crippen LogP contribution in [0.1, 0.15) is 37.9 Å². The second-order valence-corrected chi connectivity index (χ2v) is 9.27. The van der Waals surface area contributed by atoms with Gasteiger partial charge in [0.15, 0.2) is 27.8 Å². The lowest BCUT2D eigenvalue weighted by atomic mass is 9.95. The van der Waals surface area contributed by atoms with E-state index in [1.54, 1.807) is 49.8 Å². The number of thiazole rings is 1. The minimum Gasteiger partial charge on any atom is -0.493 e. The highest BCUT2D eigenvalue weighted by Gasteiger charge is 2.34. The Labute approximate surface area is 216 Å². The van der Waals surface area contributed by atoms with Crippen LogP contribution >= 0.6 is 11.3 Å². The first kappa shape index (κ1) is 24.6. The molecule has 192 valence electrons. The number of fused-ring (bicyclic) bond motifs is 2. The van der Waals surface area contributed by atoms with Gasteiger partial charge in [-0.3, -0.25) is 9.36 Å². The Morgan fingerprint density at radius 1 is 1.14 bits per heavy atom. The lowest BCUT2D eigenvalue weighted by Gasteiger charge is -2.24. The summed E-state index contributed by atoms with van der Waals surface area (Å²) in [5, 5.41) is 0. The molecule has 9 nitrogen and oxygen atoms in total. The molecule has 0 bridgehead atoms. The lowest BCUT2D eigenvalue weighted by Crippen LogP contribution is -2.39. The summed E-state index contributed by atoms with van der Waals surface area (Å²) in [4.78, 5) is 32.0. The number of nitrogens with zero attached hydrogens (tertiary/aromatic N) is 2. The summed E-state index contributed by atoms with van der Waals surface area (Å²) in [7, 11) is 1.58. The lowest BCUT2D eigenvalue weighted by molar-refractivity contribution is -0.139. The van der Waals surface area contributed by atoms with E-state index in [-0.39, 0.29) is 19.0 Å². The number of benzene rings is 2. The molecule has 3 aromatic rings. The Kier molecular flexibility index (Phi) is 6.75. The first-order valence-electron chi connectivity index (χ1n) is 11.8. The van der Waals surface area contributed by atoms with Crippen molar-refractivity contribution in [2.75, 3.05) is 27.1 Å². The number of allylic oxidation sites excluding steroid dienone is 1. The zero-order valence-corrected chi connectivity index (χ0v) is 21.7. The summed E-state index contributed by atoms with van der Waals surface area (Å²) in [6.07, 6.45) is 1.78. The molecule has 2 aliphatic heterocycles. The zero-order valence-electron chi connectivity index (χ0n) is 20.9. The number of carbonyl (C=O) groups is 1. The smallest absolute Gasteiger partial charge is 0.338 e. The van der Waals surface area contributed by atoms with Crippen LogP contribution in [0.25, 0.3) is 6.08 Å². The van der Waals surface area contributed by atoms with Gasteiger partial charge in [-0.05, 0) is 62.2 Å². The van der Waals surface area contributed by atoms with Crippen molar-refractivity contribution >= 4 is 23.4 Å². The fourth-order valence-corrected chi connectivity index (χ4v) is 5.44. The molecule has 2 aromatic carbocycles. The molecule has 2 aliphatic rings. The molecule has 0 saturated heterocycles. The Bertz CT molecular complexity index is 1580. The van der Waals surface area contributed by atoms with Crippen LogP contribution < -0.4 is 33.8 Å². The fourth-order valence-electron chi connectivity index (χ4n) is 4.39. The monoisotopic (exact) mass is 522 g/mol. The molecule has 1 atom stereocenters. The quantitative estimate of drug-likeness (QED) is 0.440. The number of methoxy groups -OCH3 is 1. The molecule has 1 aromatic heterocycles. The van der Waals surface area contributed by atoms with Gasteiger partial charge in [-0.2, -0.15) is 0 Å². The van der Waals surface area contributed by atoms with Crippen LogP contribution in [0.15, 0.2) is 57.5 Å². The average Bonchev–Trinajstić information content (AvgIpc) is 3.47. The third kappa shape index (κ3) is 4.48. The van der Waals surface area contributed by atoms with Crippen molar-refractivity contribution in [1.82, 2.24) is 4.57 Å². The van der Waals surface area contributed by atoms with Gasteiger partial charge in [-0.25, -0.2) is 9.79 Å². The molecule has 0 saturated carbocycles. The van der Waals surface area contributed by atoms with E-state index < -0.39 is 12.0 Å². The number of hydrogen-bond acceptors (Lipinski definition) is 9. The van der Waals surface area contributed by atoms with Crippen LogP contribution in [0, 0.1) is 0 Å². The molecule has 10 heteroatoms. The van der Waals surface area contributed by atoms with Crippen molar-refractivity contribution in [3.05, 3.63) is 78.5 Å². The molecular formula is C27H26N2O7S. The van der Waals surface area contributed by atoms with Gasteiger partial charge >= 0.3 is 5.97 Å². The van der Waals surface area contributed by atoms with Gasteiger partial charge in [-0.15, -0.1) is 0 Å². The van der Waals surface area contributed by atoms with Gasteiger partial charge in [0, 0.05) is 0 Å². The van der Waals surface area contributed by atoms with E-state index in [1.165, 1.54) is 11.3 Å². The van der Waals surface area contributed by atoms with Gasteiger partial charge in [0.25, 0.3) is 5.56 Å². The van der Waals surface area contributed by atoms with Gasteiger partial charge in [0.05, 0.1) is 42.2 Å². The molecule has 0 amide bonds. The highest BCUT2D eigenvalue weighted by Crippen LogP contribution is 2.38. The van der Waals surface area contributed by atoms with Crippen LogP contribution in [0.4, 0.5) is 0 Å². The second-order valence-electron chi connectivity index (χ2n) is 8.26. The normalized spacial score (nSPS) is 16.3. The van der Waals surface area contributed by atoms with Crippen LogP contribution in [0.2, 0.25) is 0 Å². The molecule has 0 radical (unpaired) electrons. The summed E-state index contributed by atoms with van der Waals surface area (Å²) < 4.78 is 29.4. The largest absolute Gasteiger partial charge is 0.493 e. The second kappa shape index (κ2) is 10.1. The van der Waals surface area contributed by atoms with Gasteiger partial charge in [-0.1, -0.05) is 23.5 Å². The number of ether oxygens (including phenoxy) is 5. The molecule has 5 rings (SSSR count). The molecular weight excluding hydrogens is 496 g/mol. The molecule has 37 heavy (non-hydrogen) atoms. The highest BCUT2D eigenvalue weighted by molar-refractivity contribution is 7.07. The topological polar surface area (TPSA) is 97.6 Å². The maximum Gasteiger partial charge on any atom is 0.338 e. The molecule has 3 heterocycles. The fraction of sp³-hybridized carbons (Fsp3) is 0.296. The first-order valence-corrected chi connectivity index (χ1v) is 12.7. The summed E-state index contributed by atoms with van der Waals surface area (Å²) in [5.74, 6) is 1.85. The highest BCUT2D eigenvalue weighted by atomic mass is 32.1. The average molecular weight is 523 g/mol. The molecule has 0 aliphatic carbocycles. The summed E-state index contributed by atoms with van der Waals surface area (Å²) in [6.45, 7) is 6.18. The van der Waals surface area contributed by atoms with E-state index in [4.69, 9.17) is 23.7 Å². The van der Waals surface area contributed by atoms with E-state index in [0.717, 1.165) is 5.56 Å². The molecule has 0 fully saturated rings. The standard InChI is InChI=1S/C27H26N2O7S/c1-5-33-20-11-16(7-9-18(20)32-4)12-22-25(30)29-24(17-8-10-19-21(13-17)36-14-35-19)23(26(31)34-6-2)15(3)28-27(29)37-22/h7-13,24H,5-6,14H2,1-4H3/b22-12-/t24-/m0/s1. The predicted octanol–water partition coefficient (Wildman–Crippen LogP) is 2.93. The van der Waals surface area contributed by atoms with E-state index >= 15 is 0 Å². The number of carbonyl (C=O) groups excluding carboxylic acids is 1. The third-order valence-electron chi connectivity index (χ3n) is 6.01. The maximum absolute atomic E-state index is 13.8. The maximum atomic E-state index is 13.8. The van der Waals surface area contributed by atoms with Gasteiger partial charge < -0.3 is 23.7 Å². The van der Waals surface area contributed by atoms with E-state index in [0.29, 0.717) is 55.8 Å². The van der Waals surface area contributed by atoms with E-state index in [9.17, 15) is 9.59 Å². The Morgan fingerprint density at radius 2 is 1.95 bits per heavy atom. The number of hydrogen-bond donors (Lipinski definition) is 0. The van der Waals surface area contributed by atoms with Crippen molar-refractivity contribution in [1.29, 1.82) is 0 Å². The first-order chi connectivity index (χ1) is 17.9. The van der Waals surface area contributed by atoms with Crippen LogP contribution in [-0.2, 0) is 9.53 Å². The van der Waals surface area contributed by atoms with Crippen LogP contribution in [0.3, 0.4) is 0 Å². The van der Waals surface area contributed by atoms with Gasteiger partial charge in [0.2, 0.25) is 6.79 Å². The SMILES string of the molecule is CCOC(=O)C1=C(C)N=c2s/c(=C\c3ccc(OC)c(OCC)c3)c(=O)n2[C@H]1c1ccc2c(c1)OCO2. The zero-order chi connectivity index (χ0) is 26.1. The number of esters is 1. The van der Waals surface area contributed by atoms with Crippen molar-refractivity contribution < 1.29 is 28.5 Å². The third-order valence-corrected chi connectivity index (χ3v) is 7.00. The Balaban J connectivity index is 1.68. The number of aromatic nitrogens is 1. The van der Waals surface area contributed by atoms with Crippen molar-refractivity contribution in [2.24, 2.45) is 4.99 Å². The Hall–Kier alpha value is -4.05. The van der Waals surface area contributed by atoms with Crippen LogP contribution in [0.5, 0.6) is 23.0 Å².